The fourth-order valence-electron chi connectivity index (χ4n) is 2.15. The Morgan fingerprint density at radius 3 is 2.36 bits per heavy atom. The molecule has 0 radical (unpaired) electrons. The molecule has 2 saturated carbocycles. The largest absolute Gasteiger partial charge is 0.335 e. The summed E-state index contributed by atoms with van der Waals surface area (Å²) in [5, 5.41) is 3.13. The smallest absolute Gasteiger partial charge is 0.317 e. The van der Waals surface area contributed by atoms with E-state index in [0.29, 0.717) is 12.1 Å². The van der Waals surface area contributed by atoms with Crippen molar-refractivity contribution in [2.75, 3.05) is 7.05 Å². The second-order valence-corrected chi connectivity index (χ2v) is 4.63. The van der Waals surface area contributed by atoms with E-state index in [1.165, 1.54) is 44.9 Å². The van der Waals surface area contributed by atoms with E-state index in [2.05, 4.69) is 5.32 Å². The molecule has 2 amide bonds. The number of carbonyl (C=O) groups is 1. The second-order valence-electron chi connectivity index (χ2n) is 4.63. The summed E-state index contributed by atoms with van der Waals surface area (Å²) in [4.78, 5) is 13.6. The highest BCUT2D eigenvalue weighted by molar-refractivity contribution is 5.74. The Hall–Kier alpha value is -0.730. The summed E-state index contributed by atoms with van der Waals surface area (Å²) >= 11 is 0. The van der Waals surface area contributed by atoms with Crippen molar-refractivity contribution >= 4 is 6.03 Å². The highest BCUT2D eigenvalue weighted by atomic mass is 16.2. The summed E-state index contributed by atoms with van der Waals surface area (Å²) in [7, 11) is 1.91. The van der Waals surface area contributed by atoms with Gasteiger partial charge in [-0.05, 0) is 25.7 Å². The lowest BCUT2D eigenvalue weighted by atomic mass is 9.96. The average Bonchev–Trinajstić information content (AvgIpc) is 3.01. The van der Waals surface area contributed by atoms with Gasteiger partial charge in [-0.1, -0.05) is 19.3 Å². The van der Waals surface area contributed by atoms with Crippen molar-refractivity contribution in [3.63, 3.8) is 0 Å². The molecule has 80 valence electrons. The minimum atomic E-state index is 0.138. The fraction of sp³-hybridized carbons (Fsp3) is 0.909. The van der Waals surface area contributed by atoms with E-state index < -0.39 is 0 Å². The topological polar surface area (TPSA) is 32.3 Å². The molecule has 0 bridgehead atoms. The molecule has 0 heterocycles. The first-order valence-corrected chi connectivity index (χ1v) is 5.80. The quantitative estimate of drug-likeness (QED) is 0.721. The molecule has 2 rings (SSSR count). The molecule has 2 aliphatic rings. The number of nitrogens with one attached hydrogen (secondary N) is 1. The number of amides is 2. The Kier molecular flexibility index (Phi) is 2.94. The summed E-state index contributed by atoms with van der Waals surface area (Å²) in [6, 6.07) is 1.11. The van der Waals surface area contributed by atoms with Crippen molar-refractivity contribution in [2.24, 2.45) is 0 Å². The molecular weight excluding hydrogens is 176 g/mol. The first kappa shape index (κ1) is 9.81. The van der Waals surface area contributed by atoms with Crippen LogP contribution in [-0.4, -0.2) is 30.1 Å². The summed E-state index contributed by atoms with van der Waals surface area (Å²) in [6.45, 7) is 0. The molecular formula is C11H20N2O. The zero-order valence-corrected chi connectivity index (χ0v) is 8.96. The van der Waals surface area contributed by atoms with Gasteiger partial charge in [0, 0.05) is 19.1 Å². The Morgan fingerprint density at radius 2 is 1.79 bits per heavy atom. The van der Waals surface area contributed by atoms with Crippen LogP contribution in [0.2, 0.25) is 0 Å². The lowest BCUT2D eigenvalue weighted by Gasteiger charge is -2.26. The Labute approximate surface area is 85.8 Å². The molecule has 3 heteroatoms. The van der Waals surface area contributed by atoms with Crippen LogP contribution in [0, 0.1) is 0 Å². The number of rotatable bonds is 2. The van der Waals surface area contributed by atoms with Crippen LogP contribution >= 0.6 is 0 Å². The van der Waals surface area contributed by atoms with Gasteiger partial charge in [-0.3, -0.25) is 0 Å². The monoisotopic (exact) mass is 196 g/mol. The Morgan fingerprint density at radius 1 is 1.14 bits per heavy atom. The predicted molar refractivity (Wildman–Crippen MR) is 56.2 cm³/mol. The van der Waals surface area contributed by atoms with Gasteiger partial charge in [0.15, 0.2) is 0 Å². The fourth-order valence-corrected chi connectivity index (χ4v) is 2.15. The molecule has 0 aromatic carbocycles. The first-order chi connectivity index (χ1) is 6.77. The van der Waals surface area contributed by atoms with E-state index in [1.54, 1.807) is 0 Å². The van der Waals surface area contributed by atoms with Gasteiger partial charge in [-0.15, -0.1) is 0 Å². The number of nitrogens with zero attached hydrogens (tertiary/aromatic N) is 1. The van der Waals surface area contributed by atoms with Crippen LogP contribution in [0.5, 0.6) is 0 Å². The summed E-state index contributed by atoms with van der Waals surface area (Å²) in [6.07, 6.45) is 8.61. The molecule has 0 atom stereocenters. The highest BCUT2D eigenvalue weighted by Gasteiger charge is 2.30. The molecule has 0 saturated heterocycles. The maximum Gasteiger partial charge on any atom is 0.317 e. The summed E-state index contributed by atoms with van der Waals surface area (Å²) in [5.74, 6) is 0. The van der Waals surface area contributed by atoms with Crippen molar-refractivity contribution < 1.29 is 4.79 Å². The molecule has 0 aromatic heterocycles. The van der Waals surface area contributed by atoms with Gasteiger partial charge in [0.05, 0.1) is 0 Å². The van der Waals surface area contributed by atoms with Gasteiger partial charge in [-0.2, -0.15) is 0 Å². The maximum absolute atomic E-state index is 11.7. The molecule has 3 nitrogen and oxygen atoms in total. The van der Waals surface area contributed by atoms with E-state index in [9.17, 15) is 4.79 Å². The standard InChI is InChI=1S/C11H20N2O/c1-13(10-7-8-10)11(14)12-9-5-3-2-4-6-9/h9-10H,2-8H2,1H3,(H,12,14). The Bertz CT molecular complexity index is 207. The minimum absolute atomic E-state index is 0.138. The Balaban J connectivity index is 1.74. The van der Waals surface area contributed by atoms with E-state index in [0.717, 1.165) is 0 Å². The molecule has 2 fully saturated rings. The zero-order chi connectivity index (χ0) is 9.97. The third-order valence-corrected chi connectivity index (χ3v) is 3.35. The van der Waals surface area contributed by atoms with E-state index in [1.807, 2.05) is 11.9 Å². The molecule has 14 heavy (non-hydrogen) atoms. The van der Waals surface area contributed by atoms with Crippen molar-refractivity contribution in [1.82, 2.24) is 10.2 Å². The van der Waals surface area contributed by atoms with Crippen LogP contribution in [-0.2, 0) is 0 Å². The number of urea groups is 1. The minimum Gasteiger partial charge on any atom is -0.335 e. The van der Waals surface area contributed by atoms with Gasteiger partial charge in [0.2, 0.25) is 0 Å². The average molecular weight is 196 g/mol. The van der Waals surface area contributed by atoms with Crippen LogP contribution in [0.25, 0.3) is 0 Å². The van der Waals surface area contributed by atoms with Gasteiger partial charge in [0.25, 0.3) is 0 Å². The molecule has 0 aromatic rings. The van der Waals surface area contributed by atoms with Gasteiger partial charge < -0.3 is 10.2 Å². The number of hydrogen-bond donors (Lipinski definition) is 1. The van der Waals surface area contributed by atoms with Gasteiger partial charge in [-0.25, -0.2) is 4.79 Å². The van der Waals surface area contributed by atoms with Gasteiger partial charge >= 0.3 is 6.03 Å². The molecule has 1 N–H and O–H groups in total. The summed E-state index contributed by atoms with van der Waals surface area (Å²) < 4.78 is 0. The second kappa shape index (κ2) is 4.20. The van der Waals surface area contributed by atoms with Crippen molar-refractivity contribution in [3.8, 4) is 0 Å². The zero-order valence-electron chi connectivity index (χ0n) is 8.96. The van der Waals surface area contributed by atoms with Crippen LogP contribution in [0.1, 0.15) is 44.9 Å². The van der Waals surface area contributed by atoms with Crippen LogP contribution < -0.4 is 5.32 Å². The number of carbonyl (C=O) groups excluding carboxylic acids is 1. The van der Waals surface area contributed by atoms with Crippen LogP contribution in [0.15, 0.2) is 0 Å². The summed E-state index contributed by atoms with van der Waals surface area (Å²) in [5.41, 5.74) is 0. The molecule has 2 aliphatic carbocycles. The highest BCUT2D eigenvalue weighted by Crippen LogP contribution is 2.25. The SMILES string of the molecule is CN(C(=O)NC1CCCCC1)C1CC1. The van der Waals surface area contributed by atoms with Crippen molar-refractivity contribution in [3.05, 3.63) is 0 Å². The van der Waals surface area contributed by atoms with E-state index in [-0.39, 0.29) is 6.03 Å². The van der Waals surface area contributed by atoms with E-state index in [4.69, 9.17) is 0 Å². The van der Waals surface area contributed by atoms with Crippen molar-refractivity contribution in [2.45, 2.75) is 57.0 Å². The van der Waals surface area contributed by atoms with Gasteiger partial charge in [0.1, 0.15) is 0 Å². The molecule has 0 spiro atoms. The molecule has 0 unspecified atom stereocenters. The van der Waals surface area contributed by atoms with E-state index >= 15 is 0 Å². The van der Waals surface area contributed by atoms with Crippen LogP contribution in [0.3, 0.4) is 0 Å². The lowest BCUT2D eigenvalue weighted by Crippen LogP contribution is -2.44. The lowest BCUT2D eigenvalue weighted by molar-refractivity contribution is 0.198. The molecule has 0 aliphatic heterocycles. The first-order valence-electron chi connectivity index (χ1n) is 5.80. The number of hydrogen-bond acceptors (Lipinski definition) is 1. The normalized spacial score (nSPS) is 23.2. The third kappa shape index (κ3) is 2.40. The third-order valence-electron chi connectivity index (χ3n) is 3.35. The van der Waals surface area contributed by atoms with Crippen LogP contribution in [0.4, 0.5) is 4.79 Å². The maximum atomic E-state index is 11.7. The predicted octanol–water partition coefficient (Wildman–Crippen LogP) is 2.12. The van der Waals surface area contributed by atoms with Crippen molar-refractivity contribution in [1.29, 1.82) is 0 Å².